The smallest absolute Gasteiger partial charge is 0.340 e. The first kappa shape index (κ1) is 15.0. The first-order valence-corrected chi connectivity index (χ1v) is 6.00. The van der Waals surface area contributed by atoms with Gasteiger partial charge in [-0.15, -0.1) is 0 Å². The highest BCUT2D eigenvalue weighted by Crippen LogP contribution is 2.33. The molecule has 112 valence electrons. The van der Waals surface area contributed by atoms with Crippen LogP contribution in [0.2, 0.25) is 0 Å². The minimum absolute atomic E-state index is 0.0293. The number of amides is 1. The lowest BCUT2D eigenvalue weighted by molar-refractivity contribution is -0.138. The third-order valence-corrected chi connectivity index (χ3v) is 2.83. The number of aryl methyl sites for hydroxylation is 1. The fraction of sp³-hybridized carbons (Fsp3) is 0.231. The van der Waals surface area contributed by atoms with Gasteiger partial charge in [-0.2, -0.15) is 13.2 Å². The van der Waals surface area contributed by atoms with Crippen LogP contribution in [0.5, 0.6) is 0 Å². The van der Waals surface area contributed by atoms with Gasteiger partial charge in [0.25, 0.3) is 5.91 Å². The number of imidazole rings is 1. The predicted molar refractivity (Wildman–Crippen MR) is 70.5 cm³/mol. The lowest BCUT2D eigenvalue weighted by Crippen LogP contribution is -2.16. The van der Waals surface area contributed by atoms with Crippen LogP contribution in [0.4, 0.5) is 18.9 Å². The molecule has 21 heavy (non-hydrogen) atoms. The van der Waals surface area contributed by atoms with E-state index in [0.717, 1.165) is 6.07 Å². The van der Waals surface area contributed by atoms with Crippen molar-refractivity contribution in [2.45, 2.75) is 12.7 Å². The highest BCUT2D eigenvalue weighted by atomic mass is 19.4. The Morgan fingerprint density at radius 3 is 2.67 bits per heavy atom. The van der Waals surface area contributed by atoms with Crippen LogP contribution >= 0.6 is 0 Å². The van der Waals surface area contributed by atoms with Gasteiger partial charge in [0.2, 0.25) is 0 Å². The number of alkyl halides is 3. The summed E-state index contributed by atoms with van der Waals surface area (Å²) in [6, 6.07) is 3.48. The molecular formula is C13H13F3N4O. The van der Waals surface area contributed by atoms with Crippen molar-refractivity contribution < 1.29 is 18.0 Å². The Hall–Kier alpha value is -2.35. The lowest BCUT2D eigenvalue weighted by atomic mass is 10.1. The number of nitrogens with one attached hydrogen (secondary N) is 1. The molecule has 0 atom stereocenters. The second kappa shape index (κ2) is 5.57. The van der Waals surface area contributed by atoms with E-state index in [-0.39, 0.29) is 23.5 Å². The molecule has 8 heteroatoms. The molecule has 1 aromatic heterocycles. The number of aromatic nitrogens is 2. The zero-order valence-corrected chi connectivity index (χ0v) is 11.1. The van der Waals surface area contributed by atoms with Crippen LogP contribution in [-0.2, 0) is 19.8 Å². The van der Waals surface area contributed by atoms with E-state index in [9.17, 15) is 18.0 Å². The average molecular weight is 298 g/mol. The van der Waals surface area contributed by atoms with Crippen molar-refractivity contribution in [3.05, 3.63) is 47.5 Å². The standard InChI is InChI=1S/C13H13F3N4O/c1-20-6-11(18-7-20)12(21)19-9-3-2-8(5-17)10(4-9)13(14,15)16/h2-4,6-7H,5,17H2,1H3,(H,19,21). The number of hydrogen-bond acceptors (Lipinski definition) is 3. The molecule has 5 nitrogen and oxygen atoms in total. The minimum atomic E-state index is -4.53. The molecule has 0 unspecified atom stereocenters. The first-order valence-electron chi connectivity index (χ1n) is 6.00. The summed E-state index contributed by atoms with van der Waals surface area (Å²) in [4.78, 5) is 15.7. The Morgan fingerprint density at radius 2 is 2.14 bits per heavy atom. The number of nitrogens with two attached hydrogens (primary N) is 1. The quantitative estimate of drug-likeness (QED) is 0.912. The second-order valence-electron chi connectivity index (χ2n) is 4.45. The van der Waals surface area contributed by atoms with E-state index in [4.69, 9.17) is 5.73 Å². The number of carbonyl (C=O) groups is 1. The van der Waals surface area contributed by atoms with Gasteiger partial charge in [-0.1, -0.05) is 6.07 Å². The van der Waals surface area contributed by atoms with E-state index in [2.05, 4.69) is 10.3 Å². The number of hydrogen-bond donors (Lipinski definition) is 2. The van der Waals surface area contributed by atoms with Gasteiger partial charge in [0.15, 0.2) is 0 Å². The predicted octanol–water partition coefficient (Wildman–Crippen LogP) is 2.15. The van der Waals surface area contributed by atoms with Crippen LogP contribution in [0.15, 0.2) is 30.7 Å². The fourth-order valence-corrected chi connectivity index (χ4v) is 1.82. The van der Waals surface area contributed by atoms with Crippen LogP contribution in [0.3, 0.4) is 0 Å². The number of halogens is 3. The van der Waals surface area contributed by atoms with Crippen LogP contribution in [0.1, 0.15) is 21.6 Å². The first-order chi connectivity index (χ1) is 9.81. The molecule has 3 N–H and O–H groups in total. The molecule has 1 heterocycles. The third-order valence-electron chi connectivity index (χ3n) is 2.83. The van der Waals surface area contributed by atoms with E-state index in [0.29, 0.717) is 0 Å². The number of benzene rings is 1. The SMILES string of the molecule is Cn1cnc(C(=O)Nc2ccc(CN)c(C(F)(F)F)c2)c1. The molecule has 0 aliphatic rings. The summed E-state index contributed by atoms with van der Waals surface area (Å²) in [6.45, 7) is -0.233. The van der Waals surface area contributed by atoms with Crippen LogP contribution < -0.4 is 11.1 Å². The van der Waals surface area contributed by atoms with Gasteiger partial charge in [-0.3, -0.25) is 4.79 Å². The Labute approximate surface area is 118 Å². The molecule has 2 aromatic rings. The monoisotopic (exact) mass is 298 g/mol. The molecule has 2 rings (SSSR count). The third kappa shape index (κ3) is 3.40. The molecule has 0 spiro atoms. The minimum Gasteiger partial charge on any atom is -0.340 e. The van der Waals surface area contributed by atoms with Gasteiger partial charge in [-0.25, -0.2) is 4.98 Å². The highest BCUT2D eigenvalue weighted by molar-refractivity contribution is 6.02. The van der Waals surface area contributed by atoms with E-state index in [1.165, 1.54) is 24.7 Å². The van der Waals surface area contributed by atoms with Crippen molar-refractivity contribution in [2.24, 2.45) is 12.8 Å². The van der Waals surface area contributed by atoms with Gasteiger partial charge < -0.3 is 15.6 Å². The largest absolute Gasteiger partial charge is 0.416 e. The van der Waals surface area contributed by atoms with Gasteiger partial charge in [0.05, 0.1) is 11.9 Å². The molecule has 0 radical (unpaired) electrons. The Bertz CT molecular complexity index is 664. The van der Waals surface area contributed by atoms with Gasteiger partial charge in [0, 0.05) is 25.5 Å². The molecule has 0 aliphatic carbocycles. The normalized spacial score (nSPS) is 11.5. The fourth-order valence-electron chi connectivity index (χ4n) is 1.82. The van der Waals surface area contributed by atoms with Crippen molar-refractivity contribution in [3.63, 3.8) is 0 Å². The van der Waals surface area contributed by atoms with Gasteiger partial charge in [-0.05, 0) is 17.7 Å². The number of nitrogens with zero attached hydrogens (tertiary/aromatic N) is 2. The molecular weight excluding hydrogens is 285 g/mol. The van der Waals surface area contributed by atoms with Crippen molar-refractivity contribution in [2.75, 3.05) is 5.32 Å². The van der Waals surface area contributed by atoms with E-state index in [1.54, 1.807) is 11.6 Å². The van der Waals surface area contributed by atoms with Gasteiger partial charge >= 0.3 is 6.18 Å². The zero-order chi connectivity index (χ0) is 15.6. The summed E-state index contributed by atoms with van der Waals surface area (Å²) in [5.74, 6) is -0.579. The average Bonchev–Trinajstić information content (AvgIpc) is 2.84. The molecule has 1 amide bonds. The van der Waals surface area contributed by atoms with Crippen LogP contribution in [-0.4, -0.2) is 15.5 Å². The summed E-state index contributed by atoms with van der Waals surface area (Å²) < 4.78 is 40.2. The summed E-state index contributed by atoms with van der Waals surface area (Å²) in [7, 11) is 1.68. The highest BCUT2D eigenvalue weighted by Gasteiger charge is 2.33. The van der Waals surface area contributed by atoms with E-state index < -0.39 is 17.6 Å². The molecule has 0 fully saturated rings. The van der Waals surface area contributed by atoms with E-state index >= 15 is 0 Å². The van der Waals surface area contributed by atoms with Crippen LogP contribution in [0.25, 0.3) is 0 Å². The lowest BCUT2D eigenvalue weighted by Gasteiger charge is -2.13. The molecule has 0 saturated heterocycles. The number of rotatable bonds is 3. The summed E-state index contributed by atoms with van der Waals surface area (Å²) in [5.41, 5.74) is 4.56. The maximum Gasteiger partial charge on any atom is 0.416 e. The molecule has 0 bridgehead atoms. The Balaban J connectivity index is 2.27. The summed E-state index contributed by atoms with van der Waals surface area (Å²) in [6.07, 6.45) is -1.64. The number of anilines is 1. The molecule has 0 aliphatic heterocycles. The maximum atomic E-state index is 12.9. The maximum absolute atomic E-state index is 12.9. The van der Waals surface area contributed by atoms with E-state index in [1.807, 2.05) is 0 Å². The Kier molecular flexibility index (Phi) is 3.99. The zero-order valence-electron chi connectivity index (χ0n) is 11.1. The van der Waals surface area contributed by atoms with Crippen molar-refractivity contribution in [1.82, 2.24) is 9.55 Å². The summed E-state index contributed by atoms with van der Waals surface area (Å²) >= 11 is 0. The van der Waals surface area contributed by atoms with Gasteiger partial charge in [0.1, 0.15) is 5.69 Å². The topological polar surface area (TPSA) is 72.9 Å². The van der Waals surface area contributed by atoms with Crippen molar-refractivity contribution >= 4 is 11.6 Å². The number of carbonyl (C=O) groups excluding carboxylic acids is 1. The van der Waals surface area contributed by atoms with Crippen molar-refractivity contribution in [1.29, 1.82) is 0 Å². The Morgan fingerprint density at radius 1 is 1.43 bits per heavy atom. The summed E-state index contributed by atoms with van der Waals surface area (Å²) in [5, 5.41) is 2.38. The molecule has 0 saturated carbocycles. The second-order valence-corrected chi connectivity index (χ2v) is 4.45. The van der Waals surface area contributed by atoms with Crippen molar-refractivity contribution in [3.8, 4) is 0 Å². The molecule has 1 aromatic carbocycles. The van der Waals surface area contributed by atoms with Crippen LogP contribution in [0, 0.1) is 0 Å².